The Morgan fingerprint density at radius 3 is 2.25 bits per heavy atom. The first-order valence-corrected chi connectivity index (χ1v) is 7.53. The third-order valence-corrected chi connectivity index (χ3v) is 4.66. The van der Waals surface area contributed by atoms with Crippen molar-refractivity contribution in [3.05, 3.63) is 35.9 Å². The standard InChI is InChI=1S/C17H26N2O/c1-13(18-20)14-9-11-16(12-10-14)17(19(2)3)15-7-5-4-6-8-15/h4-8,14,16-17,20H,9-12H2,1-3H3. The van der Waals surface area contributed by atoms with Gasteiger partial charge in [-0.2, -0.15) is 0 Å². The van der Waals surface area contributed by atoms with E-state index in [4.69, 9.17) is 5.21 Å². The fraction of sp³-hybridized carbons (Fsp3) is 0.588. The minimum absolute atomic E-state index is 0.467. The quantitative estimate of drug-likeness (QED) is 0.513. The van der Waals surface area contributed by atoms with Crippen LogP contribution in [0.1, 0.15) is 44.2 Å². The Labute approximate surface area is 122 Å². The summed E-state index contributed by atoms with van der Waals surface area (Å²) in [5.41, 5.74) is 2.30. The van der Waals surface area contributed by atoms with E-state index in [9.17, 15) is 0 Å². The maximum atomic E-state index is 8.91. The summed E-state index contributed by atoms with van der Waals surface area (Å²) < 4.78 is 0. The molecule has 20 heavy (non-hydrogen) atoms. The van der Waals surface area contributed by atoms with E-state index >= 15 is 0 Å². The molecule has 1 saturated carbocycles. The average molecular weight is 274 g/mol. The maximum Gasteiger partial charge on any atom is 0.0570 e. The highest BCUT2D eigenvalue weighted by atomic mass is 16.4. The molecule has 1 aromatic carbocycles. The minimum atomic E-state index is 0.467. The van der Waals surface area contributed by atoms with Gasteiger partial charge in [-0.15, -0.1) is 0 Å². The first-order chi connectivity index (χ1) is 9.63. The lowest BCUT2D eigenvalue weighted by Crippen LogP contribution is -2.31. The van der Waals surface area contributed by atoms with Crippen molar-refractivity contribution >= 4 is 5.71 Å². The fourth-order valence-electron chi connectivity index (χ4n) is 3.58. The third-order valence-electron chi connectivity index (χ3n) is 4.66. The molecule has 1 aromatic rings. The number of rotatable bonds is 4. The van der Waals surface area contributed by atoms with Gasteiger partial charge in [-0.05, 0) is 58.2 Å². The smallest absolute Gasteiger partial charge is 0.0570 e. The van der Waals surface area contributed by atoms with Crippen LogP contribution in [0, 0.1) is 11.8 Å². The molecule has 0 heterocycles. The van der Waals surface area contributed by atoms with Gasteiger partial charge in [-0.3, -0.25) is 0 Å². The second-order valence-corrected chi connectivity index (χ2v) is 6.17. The topological polar surface area (TPSA) is 35.8 Å². The van der Waals surface area contributed by atoms with Crippen LogP contribution in [0.3, 0.4) is 0 Å². The predicted molar refractivity (Wildman–Crippen MR) is 83.2 cm³/mol. The van der Waals surface area contributed by atoms with Crippen LogP contribution in [-0.4, -0.2) is 29.9 Å². The van der Waals surface area contributed by atoms with Gasteiger partial charge in [-0.1, -0.05) is 35.5 Å². The molecule has 0 bridgehead atoms. The van der Waals surface area contributed by atoms with Crippen LogP contribution in [0.4, 0.5) is 0 Å². The molecule has 0 aliphatic heterocycles. The predicted octanol–water partition coefficient (Wildman–Crippen LogP) is 3.95. The zero-order valence-corrected chi connectivity index (χ0v) is 12.8. The van der Waals surface area contributed by atoms with Crippen molar-refractivity contribution in [1.29, 1.82) is 0 Å². The van der Waals surface area contributed by atoms with E-state index in [0.29, 0.717) is 17.9 Å². The van der Waals surface area contributed by atoms with Crippen LogP contribution in [0.15, 0.2) is 35.5 Å². The lowest BCUT2D eigenvalue weighted by atomic mass is 9.75. The number of nitrogens with zero attached hydrogens (tertiary/aromatic N) is 2. The van der Waals surface area contributed by atoms with Crippen LogP contribution in [-0.2, 0) is 0 Å². The van der Waals surface area contributed by atoms with E-state index in [1.807, 2.05) is 6.92 Å². The summed E-state index contributed by atoms with van der Waals surface area (Å²) in [5, 5.41) is 12.3. The second-order valence-electron chi connectivity index (χ2n) is 6.17. The van der Waals surface area contributed by atoms with Gasteiger partial charge in [0.15, 0.2) is 0 Å². The number of hydrogen-bond acceptors (Lipinski definition) is 3. The highest BCUT2D eigenvalue weighted by Gasteiger charge is 2.30. The first-order valence-electron chi connectivity index (χ1n) is 7.53. The van der Waals surface area contributed by atoms with E-state index in [0.717, 1.165) is 18.6 Å². The van der Waals surface area contributed by atoms with Crippen LogP contribution in [0.2, 0.25) is 0 Å². The van der Waals surface area contributed by atoms with Gasteiger partial charge in [0.1, 0.15) is 0 Å². The van der Waals surface area contributed by atoms with Crippen molar-refractivity contribution in [2.45, 2.75) is 38.6 Å². The Morgan fingerprint density at radius 2 is 1.75 bits per heavy atom. The molecule has 3 nitrogen and oxygen atoms in total. The second kappa shape index (κ2) is 6.89. The van der Waals surface area contributed by atoms with Gasteiger partial charge in [0.05, 0.1) is 5.71 Å². The van der Waals surface area contributed by atoms with Crippen molar-refractivity contribution in [3.63, 3.8) is 0 Å². The molecule has 3 heteroatoms. The van der Waals surface area contributed by atoms with Crippen molar-refractivity contribution in [2.24, 2.45) is 17.0 Å². The Bertz CT molecular complexity index is 434. The summed E-state index contributed by atoms with van der Waals surface area (Å²) in [6, 6.07) is 11.3. The van der Waals surface area contributed by atoms with E-state index in [1.165, 1.54) is 18.4 Å². The van der Waals surface area contributed by atoms with Crippen LogP contribution >= 0.6 is 0 Å². The van der Waals surface area contributed by atoms with Crippen LogP contribution in [0.5, 0.6) is 0 Å². The molecule has 1 fully saturated rings. The van der Waals surface area contributed by atoms with Gasteiger partial charge >= 0.3 is 0 Å². The van der Waals surface area contributed by atoms with E-state index < -0.39 is 0 Å². The normalized spacial score (nSPS) is 25.7. The van der Waals surface area contributed by atoms with Gasteiger partial charge in [-0.25, -0.2) is 0 Å². The lowest BCUT2D eigenvalue weighted by molar-refractivity contribution is 0.161. The molecule has 2 rings (SSSR count). The average Bonchev–Trinajstić information content (AvgIpc) is 2.48. The molecule has 1 atom stereocenters. The zero-order valence-electron chi connectivity index (χ0n) is 12.8. The lowest BCUT2D eigenvalue weighted by Gasteiger charge is -2.37. The minimum Gasteiger partial charge on any atom is -0.411 e. The molecule has 0 radical (unpaired) electrons. The van der Waals surface area contributed by atoms with Gasteiger partial charge in [0.25, 0.3) is 0 Å². The molecule has 0 spiro atoms. The largest absolute Gasteiger partial charge is 0.411 e. The summed E-state index contributed by atoms with van der Waals surface area (Å²) in [7, 11) is 4.34. The highest BCUT2D eigenvalue weighted by Crippen LogP contribution is 2.39. The van der Waals surface area contributed by atoms with Crippen LogP contribution < -0.4 is 0 Å². The molecule has 110 valence electrons. The summed E-state index contributed by atoms with van der Waals surface area (Å²) >= 11 is 0. The fourth-order valence-corrected chi connectivity index (χ4v) is 3.58. The zero-order chi connectivity index (χ0) is 14.5. The summed E-state index contributed by atoms with van der Waals surface area (Å²) in [5.74, 6) is 1.16. The number of benzene rings is 1. The molecule has 0 amide bonds. The highest BCUT2D eigenvalue weighted by molar-refractivity contribution is 5.83. The Kier molecular flexibility index (Phi) is 5.18. The van der Waals surface area contributed by atoms with Gasteiger partial charge in [0.2, 0.25) is 0 Å². The molecule has 1 aliphatic rings. The van der Waals surface area contributed by atoms with E-state index in [-0.39, 0.29) is 0 Å². The van der Waals surface area contributed by atoms with Crippen molar-refractivity contribution in [2.75, 3.05) is 14.1 Å². The third kappa shape index (κ3) is 3.40. The Balaban J connectivity index is 2.06. The maximum absolute atomic E-state index is 8.91. The number of hydrogen-bond donors (Lipinski definition) is 1. The van der Waals surface area contributed by atoms with Gasteiger partial charge < -0.3 is 10.1 Å². The number of oxime groups is 1. The molecule has 1 N–H and O–H groups in total. The van der Waals surface area contributed by atoms with E-state index in [1.54, 1.807) is 0 Å². The summed E-state index contributed by atoms with van der Waals surface area (Å²) in [6.07, 6.45) is 4.68. The first kappa shape index (κ1) is 15.0. The summed E-state index contributed by atoms with van der Waals surface area (Å²) in [4.78, 5) is 2.34. The van der Waals surface area contributed by atoms with Gasteiger partial charge in [0, 0.05) is 12.0 Å². The molecule has 1 unspecified atom stereocenters. The van der Waals surface area contributed by atoms with E-state index in [2.05, 4.69) is 54.5 Å². The SMILES string of the molecule is CC(=NO)C1CCC(C(c2ccccc2)N(C)C)CC1. The van der Waals surface area contributed by atoms with Crippen molar-refractivity contribution in [3.8, 4) is 0 Å². The molecule has 0 saturated heterocycles. The monoisotopic (exact) mass is 274 g/mol. The molecule has 1 aliphatic carbocycles. The van der Waals surface area contributed by atoms with Crippen molar-refractivity contribution in [1.82, 2.24) is 4.90 Å². The summed E-state index contributed by atoms with van der Waals surface area (Å²) in [6.45, 7) is 1.94. The Hall–Kier alpha value is -1.35. The molecular formula is C17H26N2O. The molecular weight excluding hydrogens is 248 g/mol. The van der Waals surface area contributed by atoms with Crippen LogP contribution in [0.25, 0.3) is 0 Å². The molecule has 0 aromatic heterocycles. The Morgan fingerprint density at radius 1 is 1.15 bits per heavy atom. The van der Waals surface area contributed by atoms with Crippen molar-refractivity contribution < 1.29 is 5.21 Å².